The maximum absolute atomic E-state index is 13.3. The van der Waals surface area contributed by atoms with Crippen molar-refractivity contribution in [1.29, 1.82) is 0 Å². The first-order valence-electron chi connectivity index (χ1n) is 9.72. The highest BCUT2D eigenvalue weighted by Gasteiger charge is 2.46. The lowest BCUT2D eigenvalue weighted by atomic mass is 9.87. The van der Waals surface area contributed by atoms with Crippen LogP contribution in [0.5, 0.6) is 0 Å². The van der Waals surface area contributed by atoms with Crippen molar-refractivity contribution in [3.8, 4) is 0 Å². The largest absolute Gasteiger partial charge is 0.379 e. The summed E-state index contributed by atoms with van der Waals surface area (Å²) in [6, 6.07) is 14.0. The predicted molar refractivity (Wildman–Crippen MR) is 108 cm³/mol. The molecule has 2 saturated heterocycles. The van der Waals surface area contributed by atoms with Gasteiger partial charge in [-0.2, -0.15) is 0 Å². The van der Waals surface area contributed by atoms with E-state index in [0.717, 1.165) is 22.4 Å². The minimum Gasteiger partial charge on any atom is -0.379 e. The smallest absolute Gasteiger partial charge is 0.227 e. The average Bonchev–Trinajstić information content (AvgIpc) is 2.92. The normalized spacial score (nSPS) is 22.4. The van der Waals surface area contributed by atoms with E-state index in [1.165, 1.54) is 12.1 Å². The van der Waals surface area contributed by atoms with Crippen molar-refractivity contribution < 1.29 is 13.9 Å². The van der Waals surface area contributed by atoms with E-state index >= 15 is 0 Å². The average molecular weight is 392 g/mol. The topological polar surface area (TPSA) is 58.6 Å². The first-order valence-corrected chi connectivity index (χ1v) is 9.72. The molecule has 3 aromatic rings. The lowest BCUT2D eigenvalue weighted by Crippen LogP contribution is -2.41. The van der Waals surface area contributed by atoms with E-state index in [-0.39, 0.29) is 17.1 Å². The van der Waals surface area contributed by atoms with Crippen LogP contribution in [0, 0.1) is 11.2 Å². The zero-order valence-electron chi connectivity index (χ0n) is 15.9. The molecule has 3 heterocycles. The predicted octanol–water partition coefficient (Wildman–Crippen LogP) is 3.03. The highest BCUT2D eigenvalue weighted by molar-refractivity contribution is 5.96. The SMILES string of the molecule is O=C1C[C@]2(COCCN(c3ncnc4ccccc34)C2)CN1c1ccc(F)cc1. The van der Waals surface area contributed by atoms with Crippen LogP contribution in [0.25, 0.3) is 10.9 Å². The van der Waals surface area contributed by atoms with E-state index in [1.54, 1.807) is 23.4 Å². The van der Waals surface area contributed by atoms with Gasteiger partial charge in [0.1, 0.15) is 18.0 Å². The fraction of sp³-hybridized carbons (Fsp3) is 0.318. The molecule has 1 spiro atoms. The van der Waals surface area contributed by atoms with Crippen molar-refractivity contribution in [3.63, 3.8) is 0 Å². The Bertz CT molecular complexity index is 1050. The molecule has 5 rings (SSSR count). The van der Waals surface area contributed by atoms with Gasteiger partial charge in [0.25, 0.3) is 0 Å². The summed E-state index contributed by atoms with van der Waals surface area (Å²) in [6.07, 6.45) is 1.98. The number of hydrogen-bond donors (Lipinski definition) is 0. The van der Waals surface area contributed by atoms with Gasteiger partial charge >= 0.3 is 0 Å². The molecule has 6 nitrogen and oxygen atoms in total. The second-order valence-electron chi connectivity index (χ2n) is 7.82. The van der Waals surface area contributed by atoms with Crippen LogP contribution in [0.3, 0.4) is 0 Å². The number of fused-ring (bicyclic) bond motifs is 1. The van der Waals surface area contributed by atoms with Gasteiger partial charge in [0.2, 0.25) is 5.91 Å². The maximum Gasteiger partial charge on any atom is 0.227 e. The fourth-order valence-electron chi connectivity index (χ4n) is 4.37. The van der Waals surface area contributed by atoms with Crippen LogP contribution < -0.4 is 9.80 Å². The Kier molecular flexibility index (Phi) is 4.39. The highest BCUT2D eigenvalue weighted by atomic mass is 19.1. The molecule has 2 fully saturated rings. The number of aromatic nitrogens is 2. The van der Waals surface area contributed by atoms with Crippen molar-refractivity contribution in [2.24, 2.45) is 5.41 Å². The minimum atomic E-state index is -0.339. The monoisotopic (exact) mass is 392 g/mol. The molecule has 0 saturated carbocycles. The van der Waals surface area contributed by atoms with Gasteiger partial charge in [-0.25, -0.2) is 14.4 Å². The number of carbonyl (C=O) groups excluding carboxylic acids is 1. The summed E-state index contributed by atoms with van der Waals surface area (Å²) in [7, 11) is 0. The van der Waals surface area contributed by atoms with Gasteiger partial charge in [0, 0.05) is 42.5 Å². The molecule has 29 heavy (non-hydrogen) atoms. The molecule has 148 valence electrons. The Morgan fingerprint density at radius 1 is 1.03 bits per heavy atom. The number of nitrogens with zero attached hydrogens (tertiary/aromatic N) is 4. The van der Waals surface area contributed by atoms with Gasteiger partial charge in [-0.3, -0.25) is 4.79 Å². The molecular formula is C22H21FN4O2. The number of para-hydroxylation sites is 1. The van der Waals surface area contributed by atoms with Crippen LogP contribution >= 0.6 is 0 Å². The molecule has 2 aliphatic rings. The Labute approximate surface area is 167 Å². The number of halogens is 1. The standard InChI is InChI=1S/C22H21FN4O2/c23-16-5-7-17(8-6-16)27-13-22(11-20(27)28)12-26(9-10-29-14-22)21-18-3-1-2-4-19(18)24-15-25-21/h1-8,15H,9-14H2/t22-/m1/s1. The first-order chi connectivity index (χ1) is 14.1. The van der Waals surface area contributed by atoms with Crippen LogP contribution in [-0.4, -0.2) is 48.7 Å². The van der Waals surface area contributed by atoms with Crippen LogP contribution in [0.1, 0.15) is 6.42 Å². The van der Waals surface area contributed by atoms with E-state index in [4.69, 9.17) is 4.74 Å². The van der Waals surface area contributed by atoms with Crippen LogP contribution in [0.15, 0.2) is 54.9 Å². The fourth-order valence-corrected chi connectivity index (χ4v) is 4.37. The Morgan fingerprint density at radius 3 is 2.72 bits per heavy atom. The van der Waals surface area contributed by atoms with Crippen LogP contribution in [0.2, 0.25) is 0 Å². The lowest BCUT2D eigenvalue weighted by Gasteiger charge is -2.32. The van der Waals surface area contributed by atoms with E-state index in [2.05, 4.69) is 14.9 Å². The van der Waals surface area contributed by atoms with Crippen molar-refractivity contribution in [3.05, 3.63) is 60.7 Å². The number of hydrogen-bond acceptors (Lipinski definition) is 5. The van der Waals surface area contributed by atoms with Gasteiger partial charge in [0.15, 0.2) is 0 Å². The molecule has 7 heteroatoms. The van der Waals surface area contributed by atoms with Gasteiger partial charge < -0.3 is 14.5 Å². The van der Waals surface area contributed by atoms with Gasteiger partial charge in [-0.1, -0.05) is 12.1 Å². The summed E-state index contributed by atoms with van der Waals surface area (Å²) in [4.78, 5) is 25.7. The molecule has 0 bridgehead atoms. The van der Waals surface area contributed by atoms with Crippen molar-refractivity contribution in [2.75, 3.05) is 42.6 Å². The zero-order valence-corrected chi connectivity index (χ0v) is 15.9. The molecule has 2 aromatic carbocycles. The van der Waals surface area contributed by atoms with Crippen LogP contribution in [-0.2, 0) is 9.53 Å². The van der Waals surface area contributed by atoms with Crippen molar-refractivity contribution >= 4 is 28.3 Å². The third kappa shape index (κ3) is 3.31. The molecule has 0 radical (unpaired) electrons. The Morgan fingerprint density at radius 2 is 1.86 bits per heavy atom. The molecule has 2 aliphatic heterocycles. The van der Waals surface area contributed by atoms with Gasteiger partial charge in [-0.15, -0.1) is 0 Å². The first kappa shape index (κ1) is 18.0. The molecule has 1 amide bonds. The third-order valence-electron chi connectivity index (χ3n) is 5.72. The van der Waals surface area contributed by atoms with E-state index in [1.807, 2.05) is 24.3 Å². The van der Waals surface area contributed by atoms with Crippen LogP contribution in [0.4, 0.5) is 15.9 Å². The summed E-state index contributed by atoms with van der Waals surface area (Å²) >= 11 is 0. The highest BCUT2D eigenvalue weighted by Crippen LogP contribution is 2.38. The Hall–Kier alpha value is -3.06. The van der Waals surface area contributed by atoms with Crippen molar-refractivity contribution in [2.45, 2.75) is 6.42 Å². The molecular weight excluding hydrogens is 371 g/mol. The number of anilines is 2. The number of carbonyl (C=O) groups is 1. The third-order valence-corrected chi connectivity index (χ3v) is 5.72. The summed E-state index contributed by atoms with van der Waals surface area (Å²) in [5.74, 6) is 0.595. The minimum absolute atomic E-state index is 0.0367. The van der Waals surface area contributed by atoms with E-state index < -0.39 is 0 Å². The molecule has 0 N–H and O–H groups in total. The quantitative estimate of drug-likeness (QED) is 0.671. The van der Waals surface area contributed by atoms with Crippen molar-refractivity contribution in [1.82, 2.24) is 9.97 Å². The zero-order chi connectivity index (χ0) is 19.8. The maximum atomic E-state index is 13.3. The summed E-state index contributed by atoms with van der Waals surface area (Å²) in [5.41, 5.74) is 1.28. The van der Waals surface area contributed by atoms with Gasteiger partial charge in [-0.05, 0) is 36.4 Å². The Balaban J connectivity index is 1.46. The number of amides is 1. The van der Waals surface area contributed by atoms with Gasteiger partial charge in [0.05, 0.1) is 18.7 Å². The summed E-state index contributed by atoms with van der Waals surface area (Å²) in [5, 5.41) is 0.992. The van der Waals surface area contributed by atoms with E-state index in [0.29, 0.717) is 39.3 Å². The summed E-state index contributed by atoms with van der Waals surface area (Å²) < 4.78 is 19.2. The number of ether oxygens (including phenoxy) is 1. The second kappa shape index (κ2) is 7.08. The number of benzene rings is 2. The molecule has 0 unspecified atom stereocenters. The molecule has 0 aliphatic carbocycles. The molecule has 1 atom stereocenters. The lowest BCUT2D eigenvalue weighted by molar-refractivity contribution is -0.118. The van der Waals surface area contributed by atoms with E-state index in [9.17, 15) is 9.18 Å². The number of rotatable bonds is 2. The molecule has 1 aromatic heterocycles. The second-order valence-corrected chi connectivity index (χ2v) is 7.82. The summed E-state index contributed by atoms with van der Waals surface area (Å²) in [6.45, 7) is 2.99.